The highest BCUT2D eigenvalue weighted by atomic mass is 16.7. The smallest absolute Gasteiger partial charge is 0.242 e. The van der Waals surface area contributed by atoms with Crippen LogP contribution in [-0.2, 0) is 6.42 Å². The van der Waals surface area contributed by atoms with E-state index in [0.29, 0.717) is 19.1 Å². The molecule has 2 unspecified atom stereocenters. The van der Waals surface area contributed by atoms with Crippen molar-refractivity contribution in [1.29, 1.82) is 0 Å². The van der Waals surface area contributed by atoms with Crippen LogP contribution in [0.2, 0.25) is 0 Å². The maximum Gasteiger partial charge on any atom is 0.242 e. The predicted molar refractivity (Wildman–Crippen MR) is 91.3 cm³/mol. The molecule has 24 heavy (non-hydrogen) atoms. The molecule has 2 aliphatic heterocycles. The summed E-state index contributed by atoms with van der Waals surface area (Å²) in [5, 5.41) is 0. The Kier molecular flexibility index (Phi) is 3.97. The Morgan fingerprint density at radius 1 is 0.917 bits per heavy atom. The van der Waals surface area contributed by atoms with Crippen molar-refractivity contribution >= 4 is 0 Å². The molecule has 0 bridgehead atoms. The van der Waals surface area contributed by atoms with Crippen LogP contribution in [0.4, 0.5) is 0 Å². The maximum absolute atomic E-state index is 5.98. The van der Waals surface area contributed by atoms with Gasteiger partial charge in [0.2, 0.25) is 6.29 Å². The number of hydrogen-bond donors (Lipinski definition) is 0. The average molecular weight is 326 g/mol. The molecule has 0 amide bonds. The normalized spacial score (nSPS) is 19.2. The molecule has 2 heterocycles. The van der Waals surface area contributed by atoms with Gasteiger partial charge >= 0.3 is 0 Å². The minimum absolute atomic E-state index is 0.240. The van der Waals surface area contributed by atoms with Crippen molar-refractivity contribution in [2.75, 3.05) is 13.2 Å². The van der Waals surface area contributed by atoms with Gasteiger partial charge in [-0.3, -0.25) is 0 Å². The zero-order chi connectivity index (χ0) is 16.5. The number of aryl methyl sites for hydroxylation is 1. The standard InChI is InChI=1S/C20H22O4/c1-3-14-4-6-17-19(11-14)24-20(23-17)10-13(2)15-5-7-16-18(12-15)22-9-8-21-16/h4-7,11-13,20H,3,8-10H2,1-2H3. The highest BCUT2D eigenvalue weighted by Crippen LogP contribution is 2.39. The van der Waals surface area contributed by atoms with E-state index in [1.165, 1.54) is 11.1 Å². The lowest BCUT2D eigenvalue weighted by atomic mass is 9.97. The molecule has 4 heteroatoms. The highest BCUT2D eigenvalue weighted by molar-refractivity contribution is 5.46. The zero-order valence-electron chi connectivity index (χ0n) is 14.1. The Morgan fingerprint density at radius 3 is 2.50 bits per heavy atom. The second-order valence-electron chi connectivity index (χ2n) is 6.34. The van der Waals surface area contributed by atoms with Gasteiger partial charge in [-0.1, -0.05) is 26.0 Å². The molecular formula is C20H22O4. The van der Waals surface area contributed by atoms with Crippen molar-refractivity contribution in [2.24, 2.45) is 0 Å². The molecule has 0 saturated heterocycles. The van der Waals surface area contributed by atoms with Crippen molar-refractivity contribution in [2.45, 2.75) is 38.9 Å². The van der Waals surface area contributed by atoms with Crippen LogP contribution in [0.3, 0.4) is 0 Å². The molecule has 0 N–H and O–H groups in total. The summed E-state index contributed by atoms with van der Waals surface area (Å²) in [6.07, 6.45) is 1.54. The summed E-state index contributed by atoms with van der Waals surface area (Å²) in [4.78, 5) is 0. The molecule has 4 nitrogen and oxygen atoms in total. The summed E-state index contributed by atoms with van der Waals surface area (Å²) in [6, 6.07) is 12.3. The fourth-order valence-corrected chi connectivity index (χ4v) is 3.16. The van der Waals surface area contributed by atoms with Gasteiger partial charge in [0.15, 0.2) is 23.0 Å². The zero-order valence-corrected chi connectivity index (χ0v) is 14.1. The quantitative estimate of drug-likeness (QED) is 0.839. The van der Waals surface area contributed by atoms with Crippen LogP contribution in [0.5, 0.6) is 23.0 Å². The SMILES string of the molecule is CCc1ccc2c(c1)OC(CC(C)c1ccc3c(c1)OCCO3)O2. The Morgan fingerprint density at radius 2 is 1.67 bits per heavy atom. The van der Waals surface area contributed by atoms with E-state index in [0.717, 1.165) is 35.8 Å². The maximum atomic E-state index is 5.98. The first kappa shape index (κ1) is 15.2. The van der Waals surface area contributed by atoms with Gasteiger partial charge in [0.05, 0.1) is 0 Å². The minimum Gasteiger partial charge on any atom is -0.486 e. The fourth-order valence-electron chi connectivity index (χ4n) is 3.16. The van der Waals surface area contributed by atoms with Gasteiger partial charge in [-0.2, -0.15) is 0 Å². The van der Waals surface area contributed by atoms with Gasteiger partial charge in [0, 0.05) is 6.42 Å². The van der Waals surface area contributed by atoms with E-state index in [-0.39, 0.29) is 6.29 Å². The summed E-state index contributed by atoms with van der Waals surface area (Å²) in [5.74, 6) is 3.64. The van der Waals surface area contributed by atoms with E-state index < -0.39 is 0 Å². The lowest BCUT2D eigenvalue weighted by Crippen LogP contribution is -2.20. The van der Waals surface area contributed by atoms with E-state index in [1.807, 2.05) is 12.1 Å². The Hall–Kier alpha value is -2.36. The first-order valence-electron chi connectivity index (χ1n) is 8.58. The van der Waals surface area contributed by atoms with Gasteiger partial charge in [-0.15, -0.1) is 0 Å². The molecule has 0 radical (unpaired) electrons. The molecule has 2 aromatic rings. The second kappa shape index (κ2) is 6.27. The first-order valence-corrected chi connectivity index (χ1v) is 8.58. The third-order valence-electron chi connectivity index (χ3n) is 4.61. The molecule has 0 spiro atoms. The third-order valence-corrected chi connectivity index (χ3v) is 4.61. The van der Waals surface area contributed by atoms with E-state index in [9.17, 15) is 0 Å². The van der Waals surface area contributed by atoms with Crippen LogP contribution >= 0.6 is 0 Å². The van der Waals surface area contributed by atoms with E-state index in [2.05, 4.69) is 38.1 Å². The van der Waals surface area contributed by atoms with Crippen molar-refractivity contribution in [1.82, 2.24) is 0 Å². The number of benzene rings is 2. The molecule has 2 aliphatic rings. The second-order valence-corrected chi connectivity index (χ2v) is 6.34. The van der Waals surface area contributed by atoms with Crippen LogP contribution in [0, 0.1) is 0 Å². The number of ether oxygens (including phenoxy) is 4. The molecule has 0 saturated carbocycles. The third kappa shape index (κ3) is 2.88. The summed E-state index contributed by atoms with van der Waals surface area (Å²) in [5.41, 5.74) is 2.47. The summed E-state index contributed by atoms with van der Waals surface area (Å²) >= 11 is 0. The lowest BCUT2D eigenvalue weighted by Gasteiger charge is -2.21. The Bertz CT molecular complexity index is 740. The molecular weight excluding hydrogens is 304 g/mol. The highest BCUT2D eigenvalue weighted by Gasteiger charge is 2.27. The van der Waals surface area contributed by atoms with E-state index in [1.54, 1.807) is 0 Å². The van der Waals surface area contributed by atoms with Crippen LogP contribution in [0.25, 0.3) is 0 Å². The summed E-state index contributed by atoms with van der Waals surface area (Å²) < 4.78 is 23.2. The lowest BCUT2D eigenvalue weighted by molar-refractivity contribution is 0.0367. The molecule has 2 atom stereocenters. The van der Waals surface area contributed by atoms with Gasteiger partial charge < -0.3 is 18.9 Å². The molecule has 2 aromatic carbocycles. The van der Waals surface area contributed by atoms with Crippen LogP contribution < -0.4 is 18.9 Å². The van der Waals surface area contributed by atoms with E-state index >= 15 is 0 Å². The number of hydrogen-bond acceptors (Lipinski definition) is 4. The first-order chi connectivity index (χ1) is 11.7. The summed E-state index contributed by atoms with van der Waals surface area (Å²) in [7, 11) is 0. The van der Waals surface area contributed by atoms with Gasteiger partial charge in [-0.25, -0.2) is 0 Å². The number of fused-ring (bicyclic) bond motifs is 2. The van der Waals surface area contributed by atoms with Crippen LogP contribution in [0.1, 0.15) is 37.3 Å². The van der Waals surface area contributed by atoms with Crippen molar-refractivity contribution in [3.05, 3.63) is 47.5 Å². The van der Waals surface area contributed by atoms with Crippen LogP contribution in [0.15, 0.2) is 36.4 Å². The predicted octanol–water partition coefficient (Wildman–Crippen LogP) is 4.31. The Labute approximate surface area is 142 Å². The Balaban J connectivity index is 1.44. The molecule has 0 aliphatic carbocycles. The van der Waals surface area contributed by atoms with Gasteiger partial charge in [0.1, 0.15) is 13.2 Å². The monoisotopic (exact) mass is 326 g/mol. The molecule has 4 rings (SSSR count). The minimum atomic E-state index is -0.240. The van der Waals surface area contributed by atoms with Crippen molar-refractivity contribution < 1.29 is 18.9 Å². The van der Waals surface area contributed by atoms with Gasteiger partial charge in [-0.05, 0) is 47.7 Å². The van der Waals surface area contributed by atoms with Crippen molar-refractivity contribution in [3.63, 3.8) is 0 Å². The number of rotatable bonds is 4. The van der Waals surface area contributed by atoms with Gasteiger partial charge in [0.25, 0.3) is 0 Å². The van der Waals surface area contributed by atoms with E-state index in [4.69, 9.17) is 18.9 Å². The fraction of sp³-hybridized carbons (Fsp3) is 0.400. The molecule has 0 aromatic heterocycles. The molecule has 0 fully saturated rings. The summed E-state index contributed by atoms with van der Waals surface area (Å²) in [6.45, 7) is 5.54. The molecule has 126 valence electrons. The average Bonchev–Trinajstić information content (AvgIpc) is 3.02. The topological polar surface area (TPSA) is 36.9 Å². The largest absolute Gasteiger partial charge is 0.486 e. The van der Waals surface area contributed by atoms with Crippen LogP contribution in [-0.4, -0.2) is 19.5 Å². The van der Waals surface area contributed by atoms with Crippen molar-refractivity contribution in [3.8, 4) is 23.0 Å².